The highest BCUT2D eigenvalue weighted by Gasteiger charge is 2.38. The molecule has 0 saturated carbocycles. The van der Waals surface area contributed by atoms with E-state index in [-0.39, 0.29) is 5.69 Å². The Bertz CT molecular complexity index is 987. The van der Waals surface area contributed by atoms with Crippen LogP contribution in [0.15, 0.2) is 42.6 Å². The summed E-state index contributed by atoms with van der Waals surface area (Å²) in [5, 5.41) is 5.27. The number of aryl methyl sites for hydroxylation is 1. The Hall–Kier alpha value is -3.14. The number of benzene rings is 1. The Balaban J connectivity index is 1.80. The van der Waals surface area contributed by atoms with E-state index in [1.165, 1.54) is 29.5 Å². The zero-order valence-corrected chi connectivity index (χ0v) is 14.8. The number of nitrogens with one attached hydrogen (secondary N) is 2. The fourth-order valence-electron chi connectivity index (χ4n) is 2.35. The molecule has 0 saturated heterocycles. The Kier molecular flexibility index (Phi) is 5.00. The first kappa shape index (κ1) is 18.6. The van der Waals surface area contributed by atoms with Crippen molar-refractivity contribution in [3.63, 3.8) is 0 Å². The molecule has 3 aromatic rings. The quantitative estimate of drug-likeness (QED) is 0.613. The maximum Gasteiger partial charge on any atom is 0.471 e. The fourth-order valence-corrected chi connectivity index (χ4v) is 3.18. The van der Waals surface area contributed by atoms with E-state index in [4.69, 9.17) is 5.73 Å². The van der Waals surface area contributed by atoms with Crippen LogP contribution < -0.4 is 16.4 Å². The molecule has 4 N–H and O–H groups in total. The van der Waals surface area contributed by atoms with E-state index in [1.54, 1.807) is 18.3 Å². The van der Waals surface area contributed by atoms with Crippen molar-refractivity contribution in [1.29, 1.82) is 0 Å². The highest BCUT2D eigenvalue weighted by molar-refractivity contribution is 7.18. The van der Waals surface area contributed by atoms with Gasteiger partial charge in [0.05, 0.1) is 10.6 Å². The molecule has 10 heteroatoms. The predicted octanol–water partition coefficient (Wildman–Crippen LogP) is 4.34. The maximum absolute atomic E-state index is 12.4. The summed E-state index contributed by atoms with van der Waals surface area (Å²) < 4.78 is 37.1. The van der Waals surface area contributed by atoms with Gasteiger partial charge in [0.1, 0.15) is 5.82 Å². The molecule has 27 heavy (non-hydrogen) atoms. The number of anilines is 4. The Morgan fingerprint density at radius 1 is 1.19 bits per heavy atom. The van der Waals surface area contributed by atoms with Crippen LogP contribution >= 0.6 is 11.3 Å². The summed E-state index contributed by atoms with van der Waals surface area (Å²) in [5.74, 6) is -1.55. The van der Waals surface area contributed by atoms with E-state index in [2.05, 4.69) is 15.3 Å². The first-order chi connectivity index (χ1) is 12.7. The number of halogens is 3. The second kappa shape index (κ2) is 7.23. The largest absolute Gasteiger partial charge is 0.471 e. The molecule has 2 heterocycles. The highest BCUT2D eigenvalue weighted by Crippen LogP contribution is 2.32. The van der Waals surface area contributed by atoms with E-state index in [0.717, 1.165) is 16.1 Å². The lowest BCUT2D eigenvalue weighted by Crippen LogP contribution is -2.29. The molecule has 140 valence electrons. The van der Waals surface area contributed by atoms with Crippen LogP contribution in [-0.4, -0.2) is 22.1 Å². The highest BCUT2D eigenvalue weighted by atomic mass is 32.1. The Morgan fingerprint density at radius 2 is 1.93 bits per heavy atom. The van der Waals surface area contributed by atoms with Gasteiger partial charge in [-0.05, 0) is 42.8 Å². The SMILES string of the molecule is Cc1nc(N)sc1-c1ccnc(Nc2cccc(NC(=O)C(F)(F)F)c2)c1. The lowest BCUT2D eigenvalue weighted by molar-refractivity contribution is -0.167. The van der Waals surface area contributed by atoms with Gasteiger partial charge in [0, 0.05) is 17.6 Å². The lowest BCUT2D eigenvalue weighted by Gasteiger charge is -2.11. The lowest BCUT2D eigenvalue weighted by atomic mass is 10.2. The van der Waals surface area contributed by atoms with Gasteiger partial charge in [0.15, 0.2) is 5.13 Å². The van der Waals surface area contributed by atoms with Crippen LogP contribution in [0.1, 0.15) is 5.69 Å². The van der Waals surface area contributed by atoms with Crippen molar-refractivity contribution < 1.29 is 18.0 Å². The fraction of sp³-hybridized carbons (Fsp3) is 0.118. The molecule has 0 spiro atoms. The molecule has 0 bridgehead atoms. The Labute approximate surface area is 156 Å². The van der Waals surface area contributed by atoms with Crippen LogP contribution in [-0.2, 0) is 4.79 Å². The molecule has 0 aliphatic carbocycles. The van der Waals surface area contributed by atoms with E-state index < -0.39 is 12.1 Å². The molecular formula is C17H14F3N5OS. The standard InChI is InChI=1S/C17H14F3N5OS/c1-9-14(27-16(21)23-9)10-5-6-22-13(7-10)24-11-3-2-4-12(8-11)25-15(26)17(18,19)20/h2-8H,1H3,(H2,21,23)(H,22,24)(H,25,26). The Morgan fingerprint density at radius 3 is 2.59 bits per heavy atom. The summed E-state index contributed by atoms with van der Waals surface area (Å²) in [6, 6.07) is 9.50. The van der Waals surface area contributed by atoms with Gasteiger partial charge in [-0.1, -0.05) is 17.4 Å². The van der Waals surface area contributed by atoms with Crippen LogP contribution in [0, 0.1) is 6.92 Å². The zero-order valence-electron chi connectivity index (χ0n) is 14.0. The van der Waals surface area contributed by atoms with Crippen molar-refractivity contribution in [3.05, 3.63) is 48.3 Å². The molecule has 0 atom stereocenters. The number of nitrogen functional groups attached to an aromatic ring is 1. The van der Waals surface area contributed by atoms with Crippen molar-refractivity contribution in [2.45, 2.75) is 13.1 Å². The van der Waals surface area contributed by atoms with Crippen molar-refractivity contribution in [2.24, 2.45) is 0 Å². The number of hydrogen-bond acceptors (Lipinski definition) is 6. The molecule has 3 rings (SSSR count). The van der Waals surface area contributed by atoms with Crippen molar-refractivity contribution >= 4 is 39.6 Å². The van der Waals surface area contributed by atoms with E-state index in [0.29, 0.717) is 16.6 Å². The average Bonchev–Trinajstić information content (AvgIpc) is 2.93. The topological polar surface area (TPSA) is 92.9 Å². The smallest absolute Gasteiger partial charge is 0.375 e. The third kappa shape index (κ3) is 4.53. The molecule has 0 unspecified atom stereocenters. The van der Waals surface area contributed by atoms with E-state index >= 15 is 0 Å². The minimum atomic E-state index is -4.95. The summed E-state index contributed by atoms with van der Waals surface area (Å²) in [5.41, 5.74) is 7.88. The van der Waals surface area contributed by atoms with Crippen LogP contribution in [0.4, 0.5) is 35.5 Å². The maximum atomic E-state index is 12.4. The van der Waals surface area contributed by atoms with Crippen molar-refractivity contribution in [2.75, 3.05) is 16.4 Å². The molecule has 0 radical (unpaired) electrons. The summed E-state index contributed by atoms with van der Waals surface area (Å²) in [4.78, 5) is 20.3. The minimum Gasteiger partial charge on any atom is -0.375 e. The number of nitrogens with two attached hydrogens (primary N) is 1. The summed E-state index contributed by atoms with van der Waals surface area (Å²) in [6.07, 6.45) is -3.35. The predicted molar refractivity (Wildman–Crippen MR) is 98.9 cm³/mol. The zero-order chi connectivity index (χ0) is 19.6. The van der Waals surface area contributed by atoms with Crippen LogP contribution in [0.5, 0.6) is 0 Å². The average molecular weight is 393 g/mol. The van der Waals surface area contributed by atoms with Crippen molar-refractivity contribution in [3.8, 4) is 10.4 Å². The van der Waals surface area contributed by atoms with Gasteiger partial charge in [0.25, 0.3) is 0 Å². The van der Waals surface area contributed by atoms with Gasteiger partial charge < -0.3 is 16.4 Å². The number of aromatic nitrogens is 2. The third-order valence-electron chi connectivity index (χ3n) is 3.49. The number of nitrogens with zero attached hydrogens (tertiary/aromatic N) is 2. The van der Waals surface area contributed by atoms with Crippen LogP contribution in [0.3, 0.4) is 0 Å². The molecule has 0 fully saturated rings. The van der Waals surface area contributed by atoms with Crippen LogP contribution in [0.25, 0.3) is 10.4 Å². The summed E-state index contributed by atoms with van der Waals surface area (Å²) in [6.45, 7) is 1.85. The van der Waals surface area contributed by atoms with Gasteiger partial charge in [-0.3, -0.25) is 4.79 Å². The first-order valence-corrected chi connectivity index (χ1v) is 8.48. The summed E-state index contributed by atoms with van der Waals surface area (Å²) >= 11 is 1.35. The van der Waals surface area contributed by atoms with Gasteiger partial charge >= 0.3 is 12.1 Å². The molecule has 0 aliphatic heterocycles. The van der Waals surface area contributed by atoms with Gasteiger partial charge in [-0.2, -0.15) is 13.2 Å². The number of rotatable bonds is 4. The van der Waals surface area contributed by atoms with Gasteiger partial charge in [0.2, 0.25) is 0 Å². The third-order valence-corrected chi connectivity index (χ3v) is 4.52. The van der Waals surface area contributed by atoms with E-state index in [1.807, 2.05) is 18.3 Å². The summed E-state index contributed by atoms with van der Waals surface area (Å²) in [7, 11) is 0. The molecule has 1 amide bonds. The second-order valence-electron chi connectivity index (χ2n) is 5.55. The molecule has 2 aromatic heterocycles. The number of thiazole rings is 1. The number of carbonyl (C=O) groups excluding carboxylic acids is 1. The first-order valence-electron chi connectivity index (χ1n) is 7.67. The second-order valence-corrected chi connectivity index (χ2v) is 6.58. The normalized spacial score (nSPS) is 11.3. The number of carbonyl (C=O) groups is 1. The minimum absolute atomic E-state index is 0.0181. The number of hydrogen-bond donors (Lipinski definition) is 3. The van der Waals surface area contributed by atoms with Crippen LogP contribution in [0.2, 0.25) is 0 Å². The van der Waals surface area contributed by atoms with Gasteiger partial charge in [-0.15, -0.1) is 0 Å². The van der Waals surface area contributed by atoms with Gasteiger partial charge in [-0.25, -0.2) is 9.97 Å². The molecule has 1 aromatic carbocycles. The molecular weight excluding hydrogens is 379 g/mol. The monoisotopic (exact) mass is 393 g/mol. The number of pyridine rings is 1. The van der Waals surface area contributed by atoms with E-state index in [9.17, 15) is 18.0 Å². The van der Waals surface area contributed by atoms with Crippen molar-refractivity contribution in [1.82, 2.24) is 9.97 Å². The molecule has 6 nitrogen and oxygen atoms in total. The number of alkyl halides is 3. The molecule has 0 aliphatic rings. The number of amides is 1.